The summed E-state index contributed by atoms with van der Waals surface area (Å²) in [4.78, 5) is 14.0. The van der Waals surface area contributed by atoms with E-state index >= 15 is 0 Å². The summed E-state index contributed by atoms with van der Waals surface area (Å²) in [5.41, 5.74) is 1.92. The maximum absolute atomic E-state index is 12.1. The van der Waals surface area contributed by atoms with Gasteiger partial charge in [0.05, 0.1) is 0 Å². The van der Waals surface area contributed by atoms with Crippen molar-refractivity contribution in [3.8, 4) is 11.3 Å². The van der Waals surface area contributed by atoms with Crippen LogP contribution in [-0.4, -0.2) is 29.6 Å². The molecular formula is C20H28N2O2. The summed E-state index contributed by atoms with van der Waals surface area (Å²) in [5, 5.41) is 4.12. The van der Waals surface area contributed by atoms with E-state index in [-0.39, 0.29) is 5.91 Å². The molecule has 1 aromatic heterocycles. The fourth-order valence-corrected chi connectivity index (χ4v) is 2.84. The Morgan fingerprint density at radius 3 is 2.75 bits per heavy atom. The molecule has 2 rings (SSSR count). The van der Waals surface area contributed by atoms with Crippen LogP contribution in [0.4, 0.5) is 0 Å². The average Bonchev–Trinajstić information content (AvgIpc) is 3.04. The second-order valence-electron chi connectivity index (χ2n) is 6.56. The van der Waals surface area contributed by atoms with E-state index < -0.39 is 0 Å². The zero-order valence-corrected chi connectivity index (χ0v) is 15.0. The minimum absolute atomic E-state index is 0.235. The van der Waals surface area contributed by atoms with Gasteiger partial charge in [0.25, 0.3) is 0 Å². The molecule has 1 unspecified atom stereocenters. The molecule has 0 saturated carbocycles. The Balaban J connectivity index is 1.76. The summed E-state index contributed by atoms with van der Waals surface area (Å²) in [6.45, 7) is 5.06. The van der Waals surface area contributed by atoms with Crippen molar-refractivity contribution in [1.29, 1.82) is 0 Å². The van der Waals surface area contributed by atoms with E-state index in [1.165, 1.54) is 0 Å². The van der Waals surface area contributed by atoms with Crippen LogP contribution in [0.1, 0.15) is 45.3 Å². The Kier molecular flexibility index (Phi) is 7.04. The Labute approximate surface area is 144 Å². The third-order valence-electron chi connectivity index (χ3n) is 4.28. The summed E-state index contributed by atoms with van der Waals surface area (Å²) in [6.07, 6.45) is 4.56. The first-order valence-electron chi connectivity index (χ1n) is 8.85. The van der Waals surface area contributed by atoms with Crippen LogP contribution >= 0.6 is 0 Å². The van der Waals surface area contributed by atoms with Gasteiger partial charge >= 0.3 is 0 Å². The van der Waals surface area contributed by atoms with Crippen LogP contribution in [-0.2, 0) is 11.2 Å². The van der Waals surface area contributed by atoms with Gasteiger partial charge in [-0.25, -0.2) is 0 Å². The number of nitrogens with zero attached hydrogens (tertiary/aromatic N) is 2. The van der Waals surface area contributed by atoms with Crippen molar-refractivity contribution in [2.24, 2.45) is 5.92 Å². The third-order valence-corrected chi connectivity index (χ3v) is 4.28. The molecule has 0 bridgehead atoms. The fourth-order valence-electron chi connectivity index (χ4n) is 2.84. The lowest BCUT2D eigenvalue weighted by atomic mass is 10.0. The average molecular weight is 328 g/mol. The quantitative estimate of drug-likeness (QED) is 0.678. The fraction of sp³-hybridized carbons (Fsp3) is 0.500. The SMILES string of the molecule is CCCC(C)CC(=O)N(C)CCCc1cc(-c2ccccc2)no1. The monoisotopic (exact) mass is 328 g/mol. The number of carbonyl (C=O) groups is 1. The van der Waals surface area contributed by atoms with Crippen molar-refractivity contribution in [3.05, 3.63) is 42.2 Å². The largest absolute Gasteiger partial charge is 0.361 e. The molecule has 1 aromatic carbocycles. The molecule has 0 spiro atoms. The molecule has 0 aliphatic rings. The van der Waals surface area contributed by atoms with Crippen molar-refractivity contribution in [3.63, 3.8) is 0 Å². The minimum atomic E-state index is 0.235. The van der Waals surface area contributed by atoms with Crippen LogP contribution in [0.15, 0.2) is 40.9 Å². The van der Waals surface area contributed by atoms with Gasteiger partial charge in [-0.05, 0) is 12.3 Å². The van der Waals surface area contributed by atoms with Gasteiger partial charge in [0.2, 0.25) is 5.91 Å². The summed E-state index contributed by atoms with van der Waals surface area (Å²) in [6, 6.07) is 12.0. The minimum Gasteiger partial charge on any atom is -0.361 e. The lowest BCUT2D eigenvalue weighted by Gasteiger charge is -2.19. The molecule has 0 N–H and O–H groups in total. The van der Waals surface area contributed by atoms with Crippen LogP contribution in [0.5, 0.6) is 0 Å². The van der Waals surface area contributed by atoms with E-state index in [0.717, 1.165) is 49.2 Å². The van der Waals surface area contributed by atoms with Crippen molar-refractivity contribution < 1.29 is 9.32 Å². The Hall–Kier alpha value is -2.10. The molecule has 0 aliphatic carbocycles. The zero-order valence-electron chi connectivity index (χ0n) is 15.0. The highest BCUT2D eigenvalue weighted by molar-refractivity contribution is 5.76. The lowest BCUT2D eigenvalue weighted by Crippen LogP contribution is -2.29. The second-order valence-corrected chi connectivity index (χ2v) is 6.56. The van der Waals surface area contributed by atoms with E-state index in [4.69, 9.17) is 4.52 Å². The van der Waals surface area contributed by atoms with Crippen LogP contribution in [0, 0.1) is 5.92 Å². The molecule has 2 aromatic rings. The normalized spacial score (nSPS) is 12.1. The second kappa shape index (κ2) is 9.26. The van der Waals surface area contributed by atoms with E-state index in [1.54, 1.807) is 0 Å². The highest BCUT2D eigenvalue weighted by Crippen LogP contribution is 2.19. The maximum atomic E-state index is 12.1. The molecule has 0 fully saturated rings. The first-order valence-corrected chi connectivity index (χ1v) is 8.85. The van der Waals surface area contributed by atoms with Crippen LogP contribution < -0.4 is 0 Å². The van der Waals surface area contributed by atoms with E-state index in [2.05, 4.69) is 19.0 Å². The highest BCUT2D eigenvalue weighted by atomic mass is 16.5. The number of rotatable bonds is 9. The number of hydrogen-bond donors (Lipinski definition) is 0. The number of benzene rings is 1. The van der Waals surface area contributed by atoms with E-state index in [9.17, 15) is 4.79 Å². The molecule has 1 amide bonds. The molecule has 0 radical (unpaired) electrons. The van der Waals surface area contributed by atoms with Crippen molar-refractivity contribution >= 4 is 5.91 Å². The van der Waals surface area contributed by atoms with Gasteiger partial charge in [0.1, 0.15) is 11.5 Å². The Bertz CT molecular complexity index is 622. The van der Waals surface area contributed by atoms with E-state index in [1.807, 2.05) is 48.3 Å². The first-order chi connectivity index (χ1) is 11.6. The van der Waals surface area contributed by atoms with Crippen LogP contribution in [0.3, 0.4) is 0 Å². The predicted molar refractivity (Wildman–Crippen MR) is 96.6 cm³/mol. The molecule has 4 heteroatoms. The molecule has 4 nitrogen and oxygen atoms in total. The molecule has 1 heterocycles. The van der Waals surface area contributed by atoms with Gasteiger partial charge in [-0.3, -0.25) is 4.79 Å². The summed E-state index contributed by atoms with van der Waals surface area (Å²) < 4.78 is 5.40. The topological polar surface area (TPSA) is 46.3 Å². The number of amides is 1. The summed E-state index contributed by atoms with van der Waals surface area (Å²) in [5.74, 6) is 1.57. The maximum Gasteiger partial charge on any atom is 0.222 e. The number of carbonyl (C=O) groups excluding carboxylic acids is 1. The van der Waals surface area contributed by atoms with Gasteiger partial charge in [-0.2, -0.15) is 0 Å². The van der Waals surface area contributed by atoms with E-state index in [0.29, 0.717) is 12.3 Å². The van der Waals surface area contributed by atoms with Gasteiger partial charge in [-0.1, -0.05) is 62.2 Å². The number of hydrogen-bond acceptors (Lipinski definition) is 3. The molecule has 130 valence electrons. The van der Waals surface area contributed by atoms with Gasteiger partial charge < -0.3 is 9.42 Å². The van der Waals surface area contributed by atoms with Crippen LogP contribution in [0.2, 0.25) is 0 Å². The molecule has 0 aliphatic heterocycles. The van der Waals surface area contributed by atoms with Crippen LogP contribution in [0.25, 0.3) is 11.3 Å². The lowest BCUT2D eigenvalue weighted by molar-refractivity contribution is -0.130. The molecule has 1 atom stereocenters. The highest BCUT2D eigenvalue weighted by Gasteiger charge is 2.13. The molecule has 24 heavy (non-hydrogen) atoms. The van der Waals surface area contributed by atoms with Gasteiger partial charge in [0.15, 0.2) is 0 Å². The number of aromatic nitrogens is 1. The van der Waals surface area contributed by atoms with Crippen molar-refractivity contribution in [2.45, 2.75) is 46.0 Å². The summed E-state index contributed by atoms with van der Waals surface area (Å²) >= 11 is 0. The standard InChI is InChI=1S/C20H28N2O2/c1-4-9-16(2)14-20(23)22(3)13-8-12-18-15-19(21-24-18)17-10-6-5-7-11-17/h5-7,10-11,15-16H,4,8-9,12-14H2,1-3H3. The van der Waals surface area contributed by atoms with Crippen molar-refractivity contribution in [2.75, 3.05) is 13.6 Å². The first kappa shape index (κ1) is 18.2. The summed E-state index contributed by atoms with van der Waals surface area (Å²) in [7, 11) is 1.89. The van der Waals surface area contributed by atoms with Gasteiger partial charge in [0, 0.05) is 38.1 Å². The zero-order chi connectivity index (χ0) is 17.4. The Morgan fingerprint density at radius 1 is 1.29 bits per heavy atom. The smallest absolute Gasteiger partial charge is 0.222 e. The molecular weight excluding hydrogens is 300 g/mol. The molecule has 0 saturated heterocycles. The van der Waals surface area contributed by atoms with Crippen molar-refractivity contribution in [1.82, 2.24) is 10.1 Å². The Morgan fingerprint density at radius 2 is 2.04 bits per heavy atom. The predicted octanol–water partition coefficient (Wildman–Crippen LogP) is 4.56. The van der Waals surface area contributed by atoms with Gasteiger partial charge in [-0.15, -0.1) is 0 Å². The number of aryl methyl sites for hydroxylation is 1. The third kappa shape index (κ3) is 5.52.